The van der Waals surface area contributed by atoms with Crippen molar-refractivity contribution in [3.8, 4) is 5.75 Å². The lowest BCUT2D eigenvalue weighted by Crippen LogP contribution is -2.14. The molecule has 0 spiro atoms. The molecule has 0 saturated heterocycles. The molecule has 78 valence electrons. The Kier molecular flexibility index (Phi) is 4.98. The summed E-state index contributed by atoms with van der Waals surface area (Å²) in [5.41, 5.74) is 1.19. The van der Waals surface area contributed by atoms with E-state index in [-0.39, 0.29) is 0 Å². The maximum atomic E-state index is 9.29. The monoisotopic (exact) mass is 257 g/mol. The number of rotatable bonds is 5. The molecule has 0 aliphatic heterocycles. The van der Waals surface area contributed by atoms with E-state index in [9.17, 15) is 5.11 Å². The highest BCUT2D eigenvalue weighted by Gasteiger charge is 1.98. The lowest BCUT2D eigenvalue weighted by atomic mass is 10.2. The van der Waals surface area contributed by atoms with Crippen molar-refractivity contribution in [2.24, 2.45) is 0 Å². The van der Waals surface area contributed by atoms with Gasteiger partial charge >= 0.3 is 0 Å². The molecular formula is C11H16BrNO. The van der Waals surface area contributed by atoms with Crippen LogP contribution < -0.4 is 5.32 Å². The topological polar surface area (TPSA) is 32.3 Å². The molecule has 0 radical (unpaired) electrons. The number of benzene rings is 1. The highest BCUT2D eigenvalue weighted by Crippen LogP contribution is 2.23. The Morgan fingerprint density at radius 1 is 1.43 bits per heavy atom. The van der Waals surface area contributed by atoms with Gasteiger partial charge in [-0.2, -0.15) is 0 Å². The summed E-state index contributed by atoms with van der Waals surface area (Å²) in [5, 5.41) is 12.6. The van der Waals surface area contributed by atoms with Crippen LogP contribution in [-0.2, 0) is 6.54 Å². The minimum atomic E-state index is 0.294. The van der Waals surface area contributed by atoms with Crippen LogP contribution in [0.1, 0.15) is 25.3 Å². The summed E-state index contributed by atoms with van der Waals surface area (Å²) in [6.07, 6.45) is 2.42. The van der Waals surface area contributed by atoms with Gasteiger partial charge in [0.2, 0.25) is 0 Å². The minimum absolute atomic E-state index is 0.294. The number of phenolic OH excluding ortho intramolecular Hbond substituents is 1. The van der Waals surface area contributed by atoms with Crippen molar-refractivity contribution in [2.75, 3.05) is 6.54 Å². The van der Waals surface area contributed by atoms with Gasteiger partial charge in [-0.3, -0.25) is 0 Å². The molecule has 0 bridgehead atoms. The van der Waals surface area contributed by atoms with Gasteiger partial charge in [-0.15, -0.1) is 0 Å². The molecule has 0 aliphatic carbocycles. The van der Waals surface area contributed by atoms with Gasteiger partial charge in [-0.1, -0.05) is 19.4 Å². The molecule has 3 heteroatoms. The molecule has 0 saturated carbocycles. The summed E-state index contributed by atoms with van der Waals surface area (Å²) >= 11 is 3.29. The predicted octanol–water partition coefficient (Wildman–Crippen LogP) is 3.04. The van der Waals surface area contributed by atoms with Gasteiger partial charge in [0.1, 0.15) is 5.75 Å². The van der Waals surface area contributed by atoms with Crippen LogP contribution in [0.4, 0.5) is 0 Å². The third-order valence-corrected chi connectivity index (χ3v) is 2.68. The number of hydrogen-bond donors (Lipinski definition) is 2. The molecule has 0 heterocycles. The summed E-state index contributed by atoms with van der Waals surface area (Å²) < 4.78 is 0.757. The number of phenols is 1. The zero-order valence-corrected chi connectivity index (χ0v) is 9.97. The lowest BCUT2D eigenvalue weighted by Gasteiger charge is -2.05. The first-order valence-corrected chi connectivity index (χ1v) is 5.71. The smallest absolute Gasteiger partial charge is 0.129 e. The van der Waals surface area contributed by atoms with Crippen molar-refractivity contribution in [2.45, 2.75) is 26.3 Å². The summed E-state index contributed by atoms with van der Waals surface area (Å²) in [4.78, 5) is 0. The molecule has 2 N–H and O–H groups in total. The Bertz CT molecular complexity index is 289. The van der Waals surface area contributed by atoms with Crippen LogP contribution in [0.15, 0.2) is 22.7 Å². The molecule has 0 aromatic heterocycles. The maximum Gasteiger partial charge on any atom is 0.129 e. The van der Waals surface area contributed by atoms with E-state index >= 15 is 0 Å². The molecule has 0 aliphatic rings. The Hall–Kier alpha value is -0.540. The van der Waals surface area contributed by atoms with E-state index < -0.39 is 0 Å². The van der Waals surface area contributed by atoms with Crippen LogP contribution in [0.3, 0.4) is 0 Å². The zero-order valence-electron chi connectivity index (χ0n) is 8.39. The molecule has 2 nitrogen and oxygen atoms in total. The average molecular weight is 258 g/mol. The highest BCUT2D eigenvalue weighted by atomic mass is 79.9. The molecule has 0 fully saturated rings. The Balaban J connectivity index is 2.39. The highest BCUT2D eigenvalue weighted by molar-refractivity contribution is 9.10. The predicted molar refractivity (Wildman–Crippen MR) is 62.4 cm³/mol. The number of aromatic hydroxyl groups is 1. The lowest BCUT2D eigenvalue weighted by molar-refractivity contribution is 0.471. The van der Waals surface area contributed by atoms with Crippen molar-refractivity contribution >= 4 is 15.9 Å². The quantitative estimate of drug-likeness (QED) is 0.795. The van der Waals surface area contributed by atoms with Gasteiger partial charge < -0.3 is 10.4 Å². The van der Waals surface area contributed by atoms with E-state index in [4.69, 9.17) is 0 Å². The summed E-state index contributed by atoms with van der Waals surface area (Å²) in [6.45, 7) is 4.09. The van der Waals surface area contributed by atoms with Crippen molar-refractivity contribution in [1.82, 2.24) is 5.32 Å². The largest absolute Gasteiger partial charge is 0.507 e. The van der Waals surface area contributed by atoms with E-state index in [1.54, 1.807) is 6.07 Å². The van der Waals surface area contributed by atoms with Crippen LogP contribution in [0.25, 0.3) is 0 Å². The molecule has 1 rings (SSSR count). The van der Waals surface area contributed by atoms with Crippen LogP contribution in [-0.4, -0.2) is 11.7 Å². The summed E-state index contributed by atoms with van der Waals surface area (Å²) in [7, 11) is 0. The van der Waals surface area contributed by atoms with E-state index in [0.29, 0.717) is 5.75 Å². The van der Waals surface area contributed by atoms with Crippen LogP contribution in [0.2, 0.25) is 0 Å². The van der Waals surface area contributed by atoms with Gasteiger partial charge in [0.25, 0.3) is 0 Å². The average Bonchev–Trinajstić information content (AvgIpc) is 2.18. The Labute approximate surface area is 93.5 Å². The van der Waals surface area contributed by atoms with E-state index in [0.717, 1.165) is 17.6 Å². The van der Waals surface area contributed by atoms with Crippen molar-refractivity contribution in [3.63, 3.8) is 0 Å². The standard InChI is InChI=1S/C11H16BrNO/c1-2-3-6-13-8-9-4-5-11(14)10(12)7-9/h4-5,7,13-14H,2-3,6,8H2,1H3. The fraction of sp³-hybridized carbons (Fsp3) is 0.455. The SMILES string of the molecule is CCCCNCc1ccc(O)c(Br)c1. The van der Waals surface area contributed by atoms with Crippen LogP contribution >= 0.6 is 15.9 Å². The third-order valence-electron chi connectivity index (χ3n) is 2.05. The van der Waals surface area contributed by atoms with Crippen LogP contribution in [0.5, 0.6) is 5.75 Å². The number of hydrogen-bond acceptors (Lipinski definition) is 2. The van der Waals surface area contributed by atoms with E-state index in [1.165, 1.54) is 18.4 Å². The fourth-order valence-electron chi connectivity index (χ4n) is 1.19. The second-order valence-electron chi connectivity index (χ2n) is 3.32. The summed E-state index contributed by atoms with van der Waals surface area (Å²) in [6, 6.07) is 5.58. The first-order valence-electron chi connectivity index (χ1n) is 4.92. The first kappa shape index (κ1) is 11.5. The minimum Gasteiger partial charge on any atom is -0.507 e. The fourth-order valence-corrected chi connectivity index (χ4v) is 1.62. The number of unbranched alkanes of at least 4 members (excludes halogenated alkanes) is 1. The first-order chi connectivity index (χ1) is 6.74. The number of halogens is 1. The molecular weight excluding hydrogens is 242 g/mol. The van der Waals surface area contributed by atoms with Crippen molar-refractivity contribution in [1.29, 1.82) is 0 Å². The Morgan fingerprint density at radius 3 is 2.86 bits per heavy atom. The Morgan fingerprint density at radius 2 is 2.21 bits per heavy atom. The zero-order chi connectivity index (χ0) is 10.4. The van der Waals surface area contributed by atoms with Crippen LogP contribution in [0, 0.1) is 0 Å². The second-order valence-corrected chi connectivity index (χ2v) is 4.17. The van der Waals surface area contributed by atoms with Gasteiger partial charge in [-0.05, 0) is 46.6 Å². The third kappa shape index (κ3) is 3.68. The normalized spacial score (nSPS) is 10.4. The molecule has 0 unspecified atom stereocenters. The van der Waals surface area contributed by atoms with Gasteiger partial charge in [0.05, 0.1) is 4.47 Å². The molecule has 1 aromatic rings. The number of nitrogens with one attached hydrogen (secondary N) is 1. The van der Waals surface area contributed by atoms with E-state index in [1.807, 2.05) is 12.1 Å². The summed E-state index contributed by atoms with van der Waals surface area (Å²) in [5.74, 6) is 0.294. The van der Waals surface area contributed by atoms with Crippen molar-refractivity contribution in [3.05, 3.63) is 28.2 Å². The van der Waals surface area contributed by atoms with Gasteiger partial charge in [0.15, 0.2) is 0 Å². The van der Waals surface area contributed by atoms with E-state index in [2.05, 4.69) is 28.2 Å². The molecule has 14 heavy (non-hydrogen) atoms. The molecule has 0 atom stereocenters. The molecule has 0 amide bonds. The van der Waals surface area contributed by atoms with Crippen molar-refractivity contribution < 1.29 is 5.11 Å². The second kappa shape index (κ2) is 6.04. The molecule has 1 aromatic carbocycles. The van der Waals surface area contributed by atoms with Gasteiger partial charge in [-0.25, -0.2) is 0 Å². The van der Waals surface area contributed by atoms with Gasteiger partial charge in [0, 0.05) is 6.54 Å². The maximum absolute atomic E-state index is 9.29.